The van der Waals surface area contributed by atoms with E-state index in [1.807, 2.05) is 66.4 Å². The number of rotatable bonds is 3. The first-order chi connectivity index (χ1) is 30.0. The van der Waals surface area contributed by atoms with Crippen molar-refractivity contribution in [3.05, 3.63) is 85.0 Å². The molecule has 0 radical (unpaired) electrons. The van der Waals surface area contributed by atoms with Crippen molar-refractivity contribution in [2.24, 2.45) is 62.9 Å². The van der Waals surface area contributed by atoms with E-state index in [0.717, 1.165) is 56.3 Å². The number of halogens is 1. The number of benzene rings is 2. The monoisotopic (exact) mass is 880 g/mol. The molecule has 10 nitrogen and oxygen atoms in total. The smallest absolute Gasteiger partial charge is 0.412 e. The van der Waals surface area contributed by atoms with Crippen LogP contribution in [0.4, 0.5) is 9.59 Å². The average Bonchev–Trinajstić information content (AvgIpc) is 3.76. The second-order valence-corrected chi connectivity index (χ2v) is 21.4. The Morgan fingerprint density at radius 3 is 1.59 bits per heavy atom. The molecular formula is C52H69ClN4O6. The van der Waals surface area contributed by atoms with Crippen LogP contribution in [0.2, 0.25) is 0 Å². The molecule has 6 saturated carbocycles. The van der Waals surface area contributed by atoms with Gasteiger partial charge in [0, 0.05) is 60.7 Å². The number of likely N-dealkylation sites (N-methyl/N-ethyl adjacent to an activating group) is 2. The molecule has 0 bridgehead atoms. The molecule has 14 atom stereocenters. The zero-order chi connectivity index (χ0) is 44.9. The highest BCUT2D eigenvalue weighted by Crippen LogP contribution is 2.65. The number of para-hydroxylation sites is 2. The van der Waals surface area contributed by atoms with Gasteiger partial charge >= 0.3 is 11.5 Å². The van der Waals surface area contributed by atoms with Crippen molar-refractivity contribution >= 4 is 34.9 Å². The number of amides is 3. The van der Waals surface area contributed by atoms with E-state index < -0.39 is 5.43 Å². The summed E-state index contributed by atoms with van der Waals surface area (Å²) in [5.74, 6) is 5.57. The maximum absolute atomic E-state index is 12.6. The molecule has 11 heteroatoms. The molecule has 0 saturated heterocycles. The zero-order valence-electron chi connectivity index (χ0n) is 38.1. The zero-order valence-corrected chi connectivity index (χ0v) is 38.9. The first kappa shape index (κ1) is 45.4. The summed E-state index contributed by atoms with van der Waals surface area (Å²) >= 11 is 4.95. The molecule has 2 aliphatic heterocycles. The van der Waals surface area contributed by atoms with E-state index in [2.05, 4.69) is 49.9 Å². The second-order valence-electron chi connectivity index (χ2n) is 21.1. The lowest BCUT2D eigenvalue weighted by Gasteiger charge is -2.60. The molecule has 6 fully saturated rings. The topological polar surface area (TPSA) is 131 Å². The standard InChI is InChI=1S/C26H34N2O3.C19H30N2O.C7H5ClO2/c1-25-15-13-20-18(9-12-22-26(20,2)16-14-23(29)28(22)3)19(25)10-11-21(25)27-24(30)31-17-7-5-4-6-8-17;1-18-10-8-14-12(13(18)5-6-15(18)20)4-7-16-19(14,2)11-9-17(22)21(16)3;8-7(9)10-6-4-2-1-3-5-6/h4-8,14,16,18-22H,9-13,15H2,1-3H3,(H,27,30);9,11-16H,4-8,10,20H2,1-3H3;1-5H/t18-,19-,20-,21-,22+,25-,26+;12-,13-,14-,15-,16+,18-,19+;/m00./s1. The molecule has 10 rings (SSSR count). The number of ether oxygens (including phenoxy) is 2. The van der Waals surface area contributed by atoms with E-state index in [1.54, 1.807) is 30.3 Å². The number of fused-ring (bicyclic) bond motifs is 10. The maximum Gasteiger partial charge on any atom is 0.412 e. The van der Waals surface area contributed by atoms with Crippen molar-refractivity contribution in [2.45, 2.75) is 129 Å². The van der Waals surface area contributed by atoms with Crippen LogP contribution in [0.25, 0.3) is 0 Å². The molecule has 3 N–H and O–H groups in total. The van der Waals surface area contributed by atoms with Gasteiger partial charge in [-0.3, -0.25) is 9.59 Å². The van der Waals surface area contributed by atoms with Crippen LogP contribution in [0.1, 0.15) is 105 Å². The fourth-order valence-electron chi connectivity index (χ4n) is 15.1. The third kappa shape index (κ3) is 8.25. The molecule has 2 aromatic carbocycles. The number of carbonyl (C=O) groups excluding carboxylic acids is 4. The number of hydrogen-bond donors (Lipinski definition) is 2. The van der Waals surface area contributed by atoms with Crippen molar-refractivity contribution in [1.82, 2.24) is 15.1 Å². The summed E-state index contributed by atoms with van der Waals surface area (Å²) in [6, 6.07) is 19.2. The number of carbonyl (C=O) groups is 4. The first-order valence-electron chi connectivity index (χ1n) is 23.6. The van der Waals surface area contributed by atoms with Crippen molar-refractivity contribution in [3.8, 4) is 11.5 Å². The van der Waals surface area contributed by atoms with E-state index in [4.69, 9.17) is 22.1 Å². The Kier molecular flexibility index (Phi) is 12.7. The minimum Gasteiger partial charge on any atom is -0.415 e. The second kappa shape index (κ2) is 17.7. The van der Waals surface area contributed by atoms with Crippen molar-refractivity contribution in [3.63, 3.8) is 0 Å². The maximum atomic E-state index is 12.6. The van der Waals surface area contributed by atoms with Gasteiger partial charge in [-0.25, -0.2) is 9.59 Å². The number of nitrogens with one attached hydrogen (secondary N) is 1. The van der Waals surface area contributed by atoms with Crippen LogP contribution in [-0.2, 0) is 9.59 Å². The number of hydrogen-bond acceptors (Lipinski definition) is 7. The molecule has 8 aliphatic rings. The van der Waals surface area contributed by atoms with Crippen LogP contribution < -0.4 is 20.5 Å². The van der Waals surface area contributed by atoms with Crippen LogP contribution in [0.3, 0.4) is 0 Å². The van der Waals surface area contributed by atoms with Gasteiger partial charge in [0.2, 0.25) is 11.8 Å². The summed E-state index contributed by atoms with van der Waals surface area (Å²) in [5, 5.41) is 3.21. The summed E-state index contributed by atoms with van der Waals surface area (Å²) < 4.78 is 10.1. The van der Waals surface area contributed by atoms with Gasteiger partial charge in [-0.15, -0.1) is 0 Å². The van der Waals surface area contributed by atoms with Crippen molar-refractivity contribution < 1.29 is 28.7 Å². The molecule has 6 aliphatic carbocycles. The summed E-state index contributed by atoms with van der Waals surface area (Å²) in [7, 11) is 3.96. The largest absolute Gasteiger partial charge is 0.415 e. The fraction of sp³-hybridized carbons (Fsp3) is 0.615. The number of nitrogens with two attached hydrogens (primary N) is 1. The SMILES string of the molecule is CN1C(=O)C=C[C@]2(C)[C@H]3CC[C@]4(C)[C@@H](N)CC[C@H]4[C@@H]3CC[C@@H]12.CN1C(=O)C=C[C@]2(C)[C@H]3CC[C@]4(C)[C@@H](NC(=O)Oc5ccccc5)CC[C@H]4[C@@H]3CC[C@@H]12.O=C(Cl)Oc1ccccc1. The summed E-state index contributed by atoms with van der Waals surface area (Å²) in [6.45, 7) is 9.62. The van der Waals surface area contributed by atoms with Gasteiger partial charge in [-0.2, -0.15) is 0 Å². The molecular weight excluding hydrogens is 812 g/mol. The van der Waals surface area contributed by atoms with E-state index >= 15 is 0 Å². The highest BCUT2D eigenvalue weighted by Gasteiger charge is 2.62. The molecule has 0 aromatic heterocycles. The van der Waals surface area contributed by atoms with Crippen LogP contribution in [0.5, 0.6) is 11.5 Å². The van der Waals surface area contributed by atoms with Gasteiger partial charge in [0.25, 0.3) is 0 Å². The highest BCUT2D eigenvalue weighted by molar-refractivity contribution is 6.61. The Morgan fingerprint density at radius 2 is 1.08 bits per heavy atom. The van der Waals surface area contributed by atoms with Crippen LogP contribution in [0.15, 0.2) is 85.0 Å². The van der Waals surface area contributed by atoms with Crippen molar-refractivity contribution in [2.75, 3.05) is 14.1 Å². The number of nitrogens with zero attached hydrogens (tertiary/aromatic N) is 2. The Hall–Kier alpha value is -4.15. The van der Waals surface area contributed by atoms with E-state index in [-0.39, 0.29) is 40.2 Å². The van der Waals surface area contributed by atoms with Gasteiger partial charge < -0.3 is 30.3 Å². The summed E-state index contributed by atoms with van der Waals surface area (Å²) in [6.07, 6.45) is 22.0. The lowest BCUT2D eigenvalue weighted by molar-refractivity contribution is -0.138. The van der Waals surface area contributed by atoms with Crippen LogP contribution in [-0.4, -0.2) is 71.4 Å². The van der Waals surface area contributed by atoms with Crippen LogP contribution in [0, 0.1) is 57.2 Å². The van der Waals surface area contributed by atoms with Gasteiger partial charge in [-0.05, 0) is 160 Å². The Morgan fingerprint density at radius 1 is 0.619 bits per heavy atom. The van der Waals surface area contributed by atoms with E-state index in [0.29, 0.717) is 52.8 Å². The quantitative estimate of drug-likeness (QED) is 0.294. The first-order valence-corrected chi connectivity index (χ1v) is 24.0. The Balaban J connectivity index is 0.000000147. The predicted molar refractivity (Wildman–Crippen MR) is 246 cm³/mol. The average molecular weight is 882 g/mol. The predicted octanol–water partition coefficient (Wildman–Crippen LogP) is 10.2. The van der Waals surface area contributed by atoms with Gasteiger partial charge in [0.1, 0.15) is 11.5 Å². The Bertz CT molecular complexity index is 2080. The third-order valence-corrected chi connectivity index (χ3v) is 18.6. The lowest BCUT2D eigenvalue weighted by Crippen LogP contribution is -2.60. The molecule has 340 valence electrons. The molecule has 0 spiro atoms. The van der Waals surface area contributed by atoms with Crippen LogP contribution >= 0.6 is 11.6 Å². The summed E-state index contributed by atoms with van der Waals surface area (Å²) in [4.78, 5) is 51.0. The molecule has 63 heavy (non-hydrogen) atoms. The van der Waals surface area contributed by atoms with Gasteiger partial charge in [0.05, 0.1) is 0 Å². The highest BCUT2D eigenvalue weighted by atomic mass is 35.5. The minimum atomic E-state index is -0.814. The normalized spacial score (nSPS) is 40.5. The molecule has 2 aromatic rings. The Labute approximate surface area is 379 Å². The van der Waals surface area contributed by atoms with E-state index in [1.165, 1.54) is 38.5 Å². The van der Waals surface area contributed by atoms with Gasteiger partial charge in [0.15, 0.2) is 0 Å². The molecule has 2 heterocycles. The molecule has 0 unspecified atom stereocenters. The van der Waals surface area contributed by atoms with Crippen molar-refractivity contribution in [1.29, 1.82) is 0 Å². The third-order valence-electron chi connectivity index (χ3n) is 18.5. The fourth-order valence-corrected chi connectivity index (χ4v) is 15.2. The van der Waals surface area contributed by atoms with Gasteiger partial charge in [-0.1, -0.05) is 76.2 Å². The summed E-state index contributed by atoms with van der Waals surface area (Å²) in [5.41, 5.74) is 6.37. The lowest BCUT2D eigenvalue weighted by atomic mass is 9.48. The molecule has 3 amide bonds. The minimum absolute atomic E-state index is 0.0602. The van der Waals surface area contributed by atoms with E-state index in [9.17, 15) is 19.2 Å².